The molecule has 0 saturated heterocycles. The molecule has 4 heteroatoms. The Morgan fingerprint density at radius 3 is 1.42 bits per heavy atom. The van der Waals surface area contributed by atoms with E-state index in [0.29, 0.717) is 11.1 Å². The first-order valence-corrected chi connectivity index (χ1v) is 17.5. The molecule has 0 spiro atoms. The lowest BCUT2D eigenvalue weighted by Gasteiger charge is -2.42. The van der Waals surface area contributed by atoms with Gasteiger partial charge in [0.2, 0.25) is 0 Å². The molecule has 2 bridgehead atoms. The van der Waals surface area contributed by atoms with Gasteiger partial charge in [-0.3, -0.25) is 0 Å². The first kappa shape index (κ1) is 33.3. The van der Waals surface area contributed by atoms with Crippen molar-refractivity contribution in [1.29, 1.82) is 0 Å². The number of carbonyl (C=O) groups is 2. The van der Waals surface area contributed by atoms with Gasteiger partial charge in [-0.1, -0.05) is 128 Å². The highest BCUT2D eigenvalue weighted by Crippen LogP contribution is 2.49. The molecule has 0 aromatic rings. The van der Waals surface area contributed by atoms with Crippen molar-refractivity contribution in [3.63, 3.8) is 0 Å². The maximum absolute atomic E-state index is 14.3. The monoisotopic (exact) mass is 588 g/mol. The molecule has 0 saturated carbocycles. The fourth-order valence-corrected chi connectivity index (χ4v) is 8.40. The minimum Gasteiger partial charge on any atom is -0.451 e. The highest BCUT2D eigenvalue weighted by molar-refractivity contribution is 6.03. The minimum absolute atomic E-state index is 0.0902. The van der Waals surface area contributed by atoms with Crippen LogP contribution in [0.3, 0.4) is 0 Å². The second kappa shape index (κ2) is 14.9. The summed E-state index contributed by atoms with van der Waals surface area (Å²) in [7, 11) is 0. The molecular weight excluding hydrogens is 532 g/mol. The van der Waals surface area contributed by atoms with Crippen LogP contribution in [0.4, 0.5) is 0 Å². The van der Waals surface area contributed by atoms with Crippen molar-refractivity contribution < 1.29 is 19.1 Å². The summed E-state index contributed by atoms with van der Waals surface area (Å²) in [5.41, 5.74) is 2.44. The van der Waals surface area contributed by atoms with E-state index in [4.69, 9.17) is 9.47 Å². The summed E-state index contributed by atoms with van der Waals surface area (Å²) in [6.07, 6.45) is 29.3. The number of allylic oxidation sites excluding steroid dienone is 6. The van der Waals surface area contributed by atoms with Crippen LogP contribution in [-0.4, -0.2) is 23.1 Å². The van der Waals surface area contributed by atoms with Crippen LogP contribution in [0.5, 0.6) is 0 Å². The first-order chi connectivity index (χ1) is 20.8. The molecule has 0 aromatic heterocycles. The van der Waals surface area contributed by atoms with E-state index in [-0.39, 0.29) is 35.6 Å². The molecule has 43 heavy (non-hydrogen) atoms. The van der Waals surface area contributed by atoms with E-state index in [0.717, 1.165) is 83.5 Å². The summed E-state index contributed by atoms with van der Waals surface area (Å²) < 4.78 is 13.3. The number of carbonyl (C=O) groups excluding carboxylic acids is 2. The van der Waals surface area contributed by atoms with Gasteiger partial charge in [0.15, 0.2) is 0 Å². The molecule has 4 aliphatic rings. The Morgan fingerprint density at radius 1 is 0.651 bits per heavy atom. The van der Waals surface area contributed by atoms with E-state index in [1.807, 2.05) is 0 Å². The van der Waals surface area contributed by atoms with Gasteiger partial charge in [0.25, 0.3) is 0 Å². The van der Waals surface area contributed by atoms with Gasteiger partial charge in [-0.2, -0.15) is 0 Å². The summed E-state index contributed by atoms with van der Waals surface area (Å²) in [5, 5.41) is 0. The Labute approximate surface area is 261 Å². The van der Waals surface area contributed by atoms with Gasteiger partial charge in [0, 0.05) is 23.7 Å². The van der Waals surface area contributed by atoms with Crippen LogP contribution in [0.15, 0.2) is 70.9 Å². The third kappa shape index (κ3) is 6.74. The Bertz CT molecular complexity index is 1110. The second-order valence-corrected chi connectivity index (χ2v) is 13.2. The Kier molecular flexibility index (Phi) is 11.5. The molecule has 0 fully saturated rings. The van der Waals surface area contributed by atoms with E-state index in [9.17, 15) is 9.59 Å². The zero-order valence-corrected chi connectivity index (χ0v) is 27.8. The summed E-state index contributed by atoms with van der Waals surface area (Å²) in [6, 6.07) is 0. The van der Waals surface area contributed by atoms with E-state index >= 15 is 0 Å². The fraction of sp³-hybridized carbons (Fsp3) is 0.641. The second-order valence-electron chi connectivity index (χ2n) is 13.2. The highest BCUT2D eigenvalue weighted by Gasteiger charge is 2.50. The third-order valence-corrected chi connectivity index (χ3v) is 10.1. The predicted molar refractivity (Wildman–Crippen MR) is 176 cm³/mol. The van der Waals surface area contributed by atoms with Crippen molar-refractivity contribution in [3.05, 3.63) is 70.9 Å². The normalized spacial score (nSPS) is 30.9. The van der Waals surface area contributed by atoms with Crippen molar-refractivity contribution in [2.45, 2.75) is 136 Å². The van der Waals surface area contributed by atoms with Crippen LogP contribution in [-0.2, 0) is 19.1 Å². The zero-order valence-electron chi connectivity index (χ0n) is 27.8. The van der Waals surface area contributed by atoms with Crippen molar-refractivity contribution in [3.8, 4) is 0 Å². The van der Waals surface area contributed by atoms with Crippen LogP contribution in [0.2, 0.25) is 0 Å². The number of esters is 2. The largest absolute Gasteiger partial charge is 0.451 e. The third-order valence-electron chi connectivity index (χ3n) is 10.1. The summed E-state index contributed by atoms with van der Waals surface area (Å²) in [4.78, 5) is 28.6. The lowest BCUT2D eigenvalue weighted by atomic mass is 9.72. The molecule has 0 radical (unpaired) electrons. The fourth-order valence-electron chi connectivity index (χ4n) is 8.40. The SMILES string of the molecule is CCCC1=CC=CC(CCC)(OC(=O)C2=C(C(=O)OC3(CCC)C=CC=C(CCC)C3CCC)C3C=CC2C3)C1CCC. The van der Waals surface area contributed by atoms with Gasteiger partial charge in [-0.25, -0.2) is 9.59 Å². The maximum atomic E-state index is 14.3. The number of ether oxygens (including phenoxy) is 2. The van der Waals surface area contributed by atoms with Crippen LogP contribution in [0.1, 0.15) is 125 Å². The zero-order chi connectivity index (χ0) is 31.0. The topological polar surface area (TPSA) is 52.6 Å². The molecule has 0 amide bonds. The first-order valence-electron chi connectivity index (χ1n) is 17.5. The van der Waals surface area contributed by atoms with Gasteiger partial charge in [0.1, 0.15) is 11.2 Å². The minimum atomic E-state index is -0.684. The molecule has 4 aliphatic carbocycles. The highest BCUT2D eigenvalue weighted by atomic mass is 16.6. The number of fused-ring (bicyclic) bond motifs is 2. The van der Waals surface area contributed by atoms with E-state index in [1.165, 1.54) is 11.1 Å². The molecule has 0 N–H and O–H groups in total. The number of rotatable bonds is 16. The molecular formula is C39H56O4. The van der Waals surface area contributed by atoms with Crippen LogP contribution < -0.4 is 0 Å². The Balaban J connectivity index is 1.68. The van der Waals surface area contributed by atoms with Crippen LogP contribution in [0.25, 0.3) is 0 Å². The average Bonchev–Trinajstić information content (AvgIpc) is 3.60. The molecule has 236 valence electrons. The lowest BCUT2D eigenvalue weighted by molar-refractivity contribution is -0.159. The molecule has 0 aromatic carbocycles. The molecule has 6 unspecified atom stereocenters. The molecule has 6 atom stereocenters. The Morgan fingerprint density at radius 2 is 1.07 bits per heavy atom. The van der Waals surface area contributed by atoms with Gasteiger partial charge >= 0.3 is 11.9 Å². The van der Waals surface area contributed by atoms with Gasteiger partial charge in [-0.05, 0) is 57.1 Å². The molecule has 0 aliphatic heterocycles. The van der Waals surface area contributed by atoms with Gasteiger partial charge in [-0.15, -0.1) is 0 Å². The summed E-state index contributed by atoms with van der Waals surface area (Å²) >= 11 is 0. The van der Waals surface area contributed by atoms with E-state index < -0.39 is 11.2 Å². The van der Waals surface area contributed by atoms with Crippen molar-refractivity contribution in [2.24, 2.45) is 23.7 Å². The summed E-state index contributed by atoms with van der Waals surface area (Å²) in [6.45, 7) is 13.1. The van der Waals surface area contributed by atoms with Crippen molar-refractivity contribution in [1.82, 2.24) is 0 Å². The van der Waals surface area contributed by atoms with E-state index in [2.05, 4.69) is 90.2 Å². The van der Waals surface area contributed by atoms with E-state index in [1.54, 1.807) is 0 Å². The quantitative estimate of drug-likeness (QED) is 0.133. The number of hydrogen-bond donors (Lipinski definition) is 0. The standard InChI is InChI=1S/C39H56O4/c1-7-15-28-19-13-25-38(23-11-5,32(28)17-9-3)42-36(40)34-30-21-22-31(27-30)35(34)37(41)43-39(24-12-6)26-14-20-29(16-8-2)33(39)18-10-4/h13-14,19-22,25-26,30-33H,7-12,15-18,23-24,27H2,1-6H3. The smallest absolute Gasteiger partial charge is 0.336 e. The Hall–Kier alpha value is -2.62. The van der Waals surface area contributed by atoms with Crippen LogP contribution in [0, 0.1) is 23.7 Å². The molecule has 4 nitrogen and oxygen atoms in total. The lowest BCUT2D eigenvalue weighted by Crippen LogP contribution is -2.45. The maximum Gasteiger partial charge on any atom is 0.336 e. The number of hydrogen-bond acceptors (Lipinski definition) is 4. The molecule has 0 heterocycles. The molecule has 4 rings (SSSR count). The van der Waals surface area contributed by atoms with Crippen molar-refractivity contribution >= 4 is 11.9 Å². The van der Waals surface area contributed by atoms with Crippen LogP contribution >= 0.6 is 0 Å². The predicted octanol–water partition coefficient (Wildman–Crippen LogP) is 10.1. The summed E-state index contributed by atoms with van der Waals surface area (Å²) in [5.74, 6) is -0.520. The average molecular weight is 589 g/mol. The van der Waals surface area contributed by atoms with Crippen molar-refractivity contribution in [2.75, 3.05) is 0 Å². The van der Waals surface area contributed by atoms with Gasteiger partial charge < -0.3 is 9.47 Å². The van der Waals surface area contributed by atoms with Gasteiger partial charge in [0.05, 0.1) is 11.1 Å².